The molecule has 0 bridgehead atoms. The summed E-state index contributed by atoms with van der Waals surface area (Å²) in [7, 11) is 0. The summed E-state index contributed by atoms with van der Waals surface area (Å²) in [5, 5.41) is 0. The first kappa shape index (κ1) is 40.7. The Morgan fingerprint density at radius 2 is 1.09 bits per heavy atom. The van der Waals surface area contributed by atoms with Gasteiger partial charge < -0.3 is 9.47 Å². The fourth-order valence-electron chi connectivity index (χ4n) is 5.16. The van der Waals surface area contributed by atoms with Crippen LogP contribution >= 0.6 is 0 Å². The van der Waals surface area contributed by atoms with Crippen molar-refractivity contribution in [2.24, 2.45) is 0 Å². The van der Waals surface area contributed by atoms with Gasteiger partial charge in [0, 0.05) is 25.7 Å². The van der Waals surface area contributed by atoms with Crippen LogP contribution in [0.4, 0.5) is 0 Å². The van der Waals surface area contributed by atoms with E-state index < -0.39 is 0 Å². The minimum absolute atomic E-state index is 0.0926. The summed E-state index contributed by atoms with van der Waals surface area (Å²) in [4.78, 5) is 47.1. The molecule has 0 aromatic rings. The molecule has 6 nitrogen and oxygen atoms in total. The van der Waals surface area contributed by atoms with Crippen molar-refractivity contribution in [2.45, 2.75) is 155 Å². The SMILES string of the molecule is C/C=C\CCCC(=O)OC(C/C=C1\CC=CC1=O)CCCCC.C/C=C\CCCC(=O)OC(C/C=C1\CC=CC1=O)CCCCC. The lowest BCUT2D eigenvalue weighted by Gasteiger charge is -2.16. The predicted octanol–water partition coefficient (Wildman–Crippen LogP) is 10.1. The van der Waals surface area contributed by atoms with Gasteiger partial charge in [0.25, 0.3) is 0 Å². The van der Waals surface area contributed by atoms with Crippen molar-refractivity contribution < 1.29 is 28.7 Å². The van der Waals surface area contributed by atoms with Gasteiger partial charge >= 0.3 is 11.9 Å². The van der Waals surface area contributed by atoms with Crippen LogP contribution in [0.2, 0.25) is 0 Å². The first-order valence-corrected chi connectivity index (χ1v) is 17.7. The van der Waals surface area contributed by atoms with Gasteiger partial charge in [-0.3, -0.25) is 19.2 Å². The monoisotopic (exact) mass is 636 g/mol. The molecular formula is C40H60O6. The van der Waals surface area contributed by atoms with E-state index in [0.29, 0.717) is 38.5 Å². The summed E-state index contributed by atoms with van der Waals surface area (Å²) in [6.07, 6.45) is 34.4. The number of hydrogen-bond acceptors (Lipinski definition) is 6. The van der Waals surface area contributed by atoms with E-state index in [0.717, 1.165) is 88.2 Å². The van der Waals surface area contributed by atoms with Crippen LogP contribution in [0.25, 0.3) is 0 Å². The Hall–Kier alpha value is -3.28. The molecule has 0 fully saturated rings. The van der Waals surface area contributed by atoms with Crippen molar-refractivity contribution in [3.8, 4) is 0 Å². The van der Waals surface area contributed by atoms with E-state index in [9.17, 15) is 19.2 Å². The normalized spacial score (nSPS) is 17.3. The number of allylic oxidation sites excluding steroid dienone is 10. The summed E-state index contributed by atoms with van der Waals surface area (Å²) >= 11 is 0. The number of esters is 2. The summed E-state index contributed by atoms with van der Waals surface area (Å²) in [6.45, 7) is 8.28. The maximum absolute atomic E-state index is 12.0. The highest BCUT2D eigenvalue weighted by atomic mass is 16.5. The van der Waals surface area contributed by atoms with Gasteiger partial charge in [-0.1, -0.05) is 88.1 Å². The minimum atomic E-state index is -0.120. The molecule has 2 aliphatic carbocycles. The van der Waals surface area contributed by atoms with E-state index in [1.165, 1.54) is 0 Å². The molecule has 2 aliphatic rings. The van der Waals surface area contributed by atoms with Crippen LogP contribution < -0.4 is 0 Å². The summed E-state index contributed by atoms with van der Waals surface area (Å²) in [5.41, 5.74) is 1.66. The number of hydrogen-bond donors (Lipinski definition) is 0. The van der Waals surface area contributed by atoms with Crippen LogP contribution in [-0.4, -0.2) is 35.7 Å². The number of unbranched alkanes of at least 4 members (excludes halogenated alkanes) is 6. The molecule has 0 heterocycles. The average Bonchev–Trinajstić information content (AvgIpc) is 3.66. The third-order valence-corrected chi connectivity index (χ3v) is 7.93. The van der Waals surface area contributed by atoms with Gasteiger partial charge in [0.1, 0.15) is 12.2 Å². The highest BCUT2D eigenvalue weighted by molar-refractivity contribution is 6.07. The molecule has 0 aromatic carbocycles. The molecule has 0 aliphatic heterocycles. The molecule has 46 heavy (non-hydrogen) atoms. The first-order valence-electron chi connectivity index (χ1n) is 17.7. The van der Waals surface area contributed by atoms with Gasteiger partial charge in [-0.05, 0) is 101 Å². The Morgan fingerprint density at radius 3 is 1.41 bits per heavy atom. The largest absolute Gasteiger partial charge is 0.462 e. The molecule has 2 unspecified atom stereocenters. The Balaban J connectivity index is 0.000000460. The van der Waals surface area contributed by atoms with E-state index in [1.807, 2.05) is 50.3 Å². The number of carbonyl (C=O) groups excluding carboxylic acids is 4. The molecular weight excluding hydrogens is 576 g/mol. The third kappa shape index (κ3) is 20.0. The minimum Gasteiger partial charge on any atom is -0.462 e. The standard InChI is InChI=1S/2C20H30O3/c2*1-3-5-7-9-14-20(22)23-18(12-8-6-4-2)16-15-17-11-10-13-19(17)21/h2*3,5,10,13,15,18H,4,6-9,11-12,14,16H2,1-2H3/b2*5-3-,17-15+. The van der Waals surface area contributed by atoms with Crippen molar-refractivity contribution in [1.82, 2.24) is 0 Å². The van der Waals surface area contributed by atoms with Crippen LogP contribution in [0.15, 0.2) is 71.9 Å². The maximum Gasteiger partial charge on any atom is 0.306 e. The maximum atomic E-state index is 12.0. The van der Waals surface area contributed by atoms with Crippen LogP contribution in [-0.2, 0) is 28.7 Å². The van der Waals surface area contributed by atoms with Crippen LogP contribution in [0.3, 0.4) is 0 Å². The summed E-state index contributed by atoms with van der Waals surface area (Å²) in [5.74, 6) is -0.0551. The molecule has 0 amide bonds. The van der Waals surface area contributed by atoms with Gasteiger partial charge in [0.15, 0.2) is 11.6 Å². The van der Waals surface area contributed by atoms with Crippen molar-refractivity contribution in [3.05, 3.63) is 71.9 Å². The lowest BCUT2D eigenvalue weighted by atomic mass is 10.0. The van der Waals surface area contributed by atoms with Crippen molar-refractivity contribution in [1.29, 1.82) is 0 Å². The molecule has 2 rings (SSSR count). The average molecular weight is 637 g/mol. The van der Waals surface area contributed by atoms with Gasteiger partial charge in [-0.15, -0.1) is 0 Å². The summed E-state index contributed by atoms with van der Waals surface area (Å²) in [6, 6.07) is 0. The van der Waals surface area contributed by atoms with E-state index in [1.54, 1.807) is 12.2 Å². The second-order valence-electron chi connectivity index (χ2n) is 12.0. The fourth-order valence-corrected chi connectivity index (χ4v) is 5.16. The number of ether oxygens (including phenoxy) is 2. The van der Waals surface area contributed by atoms with Gasteiger partial charge in [-0.2, -0.15) is 0 Å². The van der Waals surface area contributed by atoms with E-state index >= 15 is 0 Å². The molecule has 0 N–H and O–H groups in total. The van der Waals surface area contributed by atoms with Crippen LogP contribution in [0.5, 0.6) is 0 Å². The molecule has 0 radical (unpaired) electrons. The van der Waals surface area contributed by atoms with Crippen LogP contribution in [0, 0.1) is 0 Å². The van der Waals surface area contributed by atoms with Gasteiger partial charge in [-0.25, -0.2) is 0 Å². The van der Waals surface area contributed by atoms with Crippen LogP contribution in [0.1, 0.15) is 143 Å². The molecule has 256 valence electrons. The summed E-state index contributed by atoms with van der Waals surface area (Å²) < 4.78 is 11.3. The Bertz CT molecular complexity index is 1000. The van der Waals surface area contributed by atoms with E-state index in [4.69, 9.17) is 9.47 Å². The lowest BCUT2D eigenvalue weighted by molar-refractivity contribution is -0.150. The van der Waals surface area contributed by atoms with Gasteiger partial charge in [0.05, 0.1) is 0 Å². The third-order valence-electron chi connectivity index (χ3n) is 7.93. The first-order chi connectivity index (χ1) is 22.3. The number of ketones is 2. The zero-order valence-corrected chi connectivity index (χ0v) is 29.1. The molecule has 6 heteroatoms. The van der Waals surface area contributed by atoms with E-state index in [2.05, 4.69) is 26.0 Å². The molecule has 0 saturated carbocycles. The topological polar surface area (TPSA) is 86.7 Å². The highest BCUT2D eigenvalue weighted by Crippen LogP contribution is 2.20. The predicted molar refractivity (Wildman–Crippen MR) is 188 cm³/mol. The molecule has 0 saturated heterocycles. The second-order valence-corrected chi connectivity index (χ2v) is 12.0. The quantitative estimate of drug-likeness (QED) is 0.0509. The highest BCUT2D eigenvalue weighted by Gasteiger charge is 2.17. The zero-order valence-electron chi connectivity index (χ0n) is 29.1. The number of carbonyl (C=O) groups is 4. The van der Waals surface area contributed by atoms with Crippen molar-refractivity contribution >= 4 is 23.5 Å². The van der Waals surface area contributed by atoms with E-state index in [-0.39, 0.29) is 35.7 Å². The molecule has 0 aromatic heterocycles. The number of rotatable bonds is 22. The van der Waals surface area contributed by atoms with Crippen molar-refractivity contribution in [3.63, 3.8) is 0 Å². The molecule has 2 atom stereocenters. The zero-order chi connectivity index (χ0) is 33.8. The fraction of sp³-hybridized carbons (Fsp3) is 0.600. The Labute approximate surface area is 279 Å². The second kappa shape index (κ2) is 26.9. The Kier molecular flexibility index (Phi) is 23.8. The lowest BCUT2D eigenvalue weighted by Crippen LogP contribution is -2.18. The Morgan fingerprint density at radius 1 is 0.674 bits per heavy atom. The van der Waals surface area contributed by atoms with Crippen molar-refractivity contribution in [2.75, 3.05) is 0 Å². The molecule has 0 spiro atoms. The smallest absolute Gasteiger partial charge is 0.306 e. The van der Waals surface area contributed by atoms with Gasteiger partial charge in [0.2, 0.25) is 0 Å².